The van der Waals surface area contributed by atoms with Crippen molar-refractivity contribution in [3.63, 3.8) is 0 Å². The van der Waals surface area contributed by atoms with Gasteiger partial charge in [-0.2, -0.15) is 0 Å². The third-order valence-corrected chi connectivity index (χ3v) is 7.16. The van der Waals surface area contributed by atoms with Crippen LogP contribution in [0.2, 0.25) is 0 Å². The van der Waals surface area contributed by atoms with Gasteiger partial charge in [-0.1, -0.05) is 58.0 Å². The van der Waals surface area contributed by atoms with Gasteiger partial charge in [-0.05, 0) is 65.1 Å². The first-order chi connectivity index (χ1) is 15.6. The standard InChI is InChI=1S/C28H29NO3S/c1-6-18-10-13-20(14-11-18)29-24(22-8-7-15-33-22)23(26(31)27(29)32)25(30)21-16-19(28(3,4)5)12-9-17(21)2/h7-16,24,30H,6H2,1-5H3/b25-23+. The number of nitrogens with zero attached hydrogens (tertiary/aromatic N) is 1. The summed E-state index contributed by atoms with van der Waals surface area (Å²) in [6.45, 7) is 10.3. The number of aryl methyl sites for hydroxylation is 2. The minimum absolute atomic E-state index is 0.122. The second kappa shape index (κ2) is 8.64. The molecule has 1 aromatic heterocycles. The van der Waals surface area contributed by atoms with Crippen LogP contribution in [0.5, 0.6) is 0 Å². The lowest BCUT2D eigenvalue weighted by atomic mass is 9.84. The fraction of sp³-hybridized carbons (Fsp3) is 0.286. The highest BCUT2D eigenvalue weighted by Gasteiger charge is 2.47. The number of aliphatic hydroxyl groups excluding tert-OH is 1. The van der Waals surface area contributed by atoms with Gasteiger partial charge in [0, 0.05) is 16.1 Å². The first kappa shape index (κ1) is 23.0. The van der Waals surface area contributed by atoms with Crippen molar-refractivity contribution in [2.24, 2.45) is 0 Å². The van der Waals surface area contributed by atoms with Crippen LogP contribution < -0.4 is 4.90 Å². The second-order valence-electron chi connectivity index (χ2n) is 9.48. The number of anilines is 1. The first-order valence-corrected chi connectivity index (χ1v) is 12.1. The maximum atomic E-state index is 13.3. The van der Waals surface area contributed by atoms with Crippen molar-refractivity contribution in [3.05, 3.63) is 92.7 Å². The van der Waals surface area contributed by atoms with Gasteiger partial charge in [-0.15, -0.1) is 11.3 Å². The van der Waals surface area contributed by atoms with E-state index >= 15 is 0 Å². The molecule has 0 spiro atoms. The van der Waals surface area contributed by atoms with Crippen molar-refractivity contribution < 1.29 is 14.7 Å². The lowest BCUT2D eigenvalue weighted by Gasteiger charge is -2.25. The molecule has 0 radical (unpaired) electrons. The molecule has 1 fully saturated rings. The van der Waals surface area contributed by atoms with E-state index in [1.807, 2.05) is 66.9 Å². The average Bonchev–Trinajstić information content (AvgIpc) is 3.40. The van der Waals surface area contributed by atoms with E-state index in [2.05, 4.69) is 27.7 Å². The van der Waals surface area contributed by atoms with Crippen LogP contribution in [-0.4, -0.2) is 16.8 Å². The van der Waals surface area contributed by atoms with E-state index in [0.717, 1.165) is 28.0 Å². The van der Waals surface area contributed by atoms with Crippen LogP contribution in [0.25, 0.3) is 5.76 Å². The van der Waals surface area contributed by atoms with Crippen LogP contribution >= 0.6 is 11.3 Å². The molecule has 0 aliphatic carbocycles. The van der Waals surface area contributed by atoms with Crippen LogP contribution in [-0.2, 0) is 21.4 Å². The molecule has 0 saturated carbocycles. The zero-order chi connectivity index (χ0) is 23.9. The summed E-state index contributed by atoms with van der Waals surface area (Å²) >= 11 is 1.47. The number of benzene rings is 2. The van der Waals surface area contributed by atoms with E-state index in [0.29, 0.717) is 11.3 Å². The Kier molecular flexibility index (Phi) is 6.02. The lowest BCUT2D eigenvalue weighted by molar-refractivity contribution is -0.132. The van der Waals surface area contributed by atoms with Crippen LogP contribution in [0.3, 0.4) is 0 Å². The van der Waals surface area contributed by atoms with Crippen LogP contribution in [0.4, 0.5) is 5.69 Å². The van der Waals surface area contributed by atoms with Crippen LogP contribution in [0, 0.1) is 6.92 Å². The van der Waals surface area contributed by atoms with Crippen molar-refractivity contribution in [2.75, 3.05) is 4.90 Å². The molecule has 1 amide bonds. The summed E-state index contributed by atoms with van der Waals surface area (Å²) in [5.41, 5.74) is 4.29. The van der Waals surface area contributed by atoms with Crippen molar-refractivity contribution in [2.45, 2.75) is 52.5 Å². The summed E-state index contributed by atoms with van der Waals surface area (Å²) in [5, 5.41) is 13.4. The summed E-state index contributed by atoms with van der Waals surface area (Å²) in [6.07, 6.45) is 0.886. The van der Waals surface area contributed by atoms with Crippen molar-refractivity contribution in [1.29, 1.82) is 0 Å². The molecule has 1 unspecified atom stereocenters. The Balaban J connectivity index is 1.92. The van der Waals surface area contributed by atoms with E-state index in [9.17, 15) is 14.7 Å². The Hall–Kier alpha value is -3.18. The van der Waals surface area contributed by atoms with Crippen LogP contribution in [0.15, 0.2) is 65.6 Å². The molecule has 170 valence electrons. The van der Waals surface area contributed by atoms with Gasteiger partial charge in [0.1, 0.15) is 11.8 Å². The van der Waals surface area contributed by atoms with E-state index in [1.54, 1.807) is 0 Å². The Labute approximate surface area is 199 Å². The lowest BCUT2D eigenvalue weighted by Crippen LogP contribution is -2.29. The molecule has 0 bridgehead atoms. The number of amides is 1. The van der Waals surface area contributed by atoms with Crippen molar-refractivity contribution in [1.82, 2.24) is 0 Å². The third kappa shape index (κ3) is 4.13. The molecule has 4 nitrogen and oxygen atoms in total. The van der Waals surface area contributed by atoms with Gasteiger partial charge >= 0.3 is 0 Å². The van der Waals surface area contributed by atoms with E-state index < -0.39 is 17.7 Å². The number of thiophene rings is 1. The van der Waals surface area contributed by atoms with Crippen molar-refractivity contribution >= 4 is 34.5 Å². The molecule has 33 heavy (non-hydrogen) atoms. The third-order valence-electron chi connectivity index (χ3n) is 6.24. The number of hydrogen-bond acceptors (Lipinski definition) is 4. The smallest absolute Gasteiger partial charge is 0.300 e. The summed E-state index contributed by atoms with van der Waals surface area (Å²) < 4.78 is 0. The molecule has 1 N–H and O–H groups in total. The molecule has 5 heteroatoms. The van der Waals surface area contributed by atoms with Gasteiger partial charge in [0.2, 0.25) is 0 Å². The highest BCUT2D eigenvalue weighted by Crippen LogP contribution is 2.44. The molecule has 1 aliphatic rings. The molecule has 2 aromatic carbocycles. The second-order valence-corrected chi connectivity index (χ2v) is 10.5. The molecule has 1 saturated heterocycles. The molecule has 1 atom stereocenters. The maximum Gasteiger partial charge on any atom is 0.300 e. The molecular formula is C28H29NO3S. The monoisotopic (exact) mass is 459 g/mol. The number of Topliss-reactive ketones (excluding diaryl/α,β-unsaturated/α-hetero) is 1. The summed E-state index contributed by atoms with van der Waals surface area (Å²) in [5.74, 6) is -1.40. The first-order valence-electron chi connectivity index (χ1n) is 11.2. The van der Waals surface area contributed by atoms with E-state index in [4.69, 9.17) is 0 Å². The zero-order valence-electron chi connectivity index (χ0n) is 19.7. The number of hydrogen-bond donors (Lipinski definition) is 1. The van der Waals surface area contributed by atoms with Gasteiger partial charge in [0.05, 0.1) is 5.57 Å². The number of carbonyl (C=O) groups is 2. The summed E-state index contributed by atoms with van der Waals surface area (Å²) in [6, 6.07) is 16.7. The number of ketones is 1. The van der Waals surface area contributed by atoms with Gasteiger partial charge in [0.15, 0.2) is 0 Å². The van der Waals surface area contributed by atoms with Gasteiger partial charge in [-0.3, -0.25) is 14.5 Å². The van der Waals surface area contributed by atoms with Gasteiger partial charge in [0.25, 0.3) is 11.7 Å². The predicted octanol–water partition coefficient (Wildman–Crippen LogP) is 6.54. The van der Waals surface area contributed by atoms with Crippen molar-refractivity contribution in [3.8, 4) is 0 Å². The number of carbonyl (C=O) groups excluding carboxylic acids is 2. The maximum absolute atomic E-state index is 13.3. The fourth-order valence-corrected chi connectivity index (χ4v) is 5.02. The normalized spacial score (nSPS) is 18.2. The number of rotatable bonds is 4. The SMILES string of the molecule is CCc1ccc(N2C(=O)C(=O)/C(=C(/O)c3cc(C(C)(C)C)ccc3C)C2c2cccs2)cc1. The minimum atomic E-state index is -0.671. The number of aliphatic hydroxyl groups is 1. The molecular weight excluding hydrogens is 430 g/mol. The highest BCUT2D eigenvalue weighted by molar-refractivity contribution is 7.10. The van der Waals surface area contributed by atoms with Gasteiger partial charge < -0.3 is 5.11 Å². The topological polar surface area (TPSA) is 57.6 Å². The minimum Gasteiger partial charge on any atom is -0.507 e. The van der Waals surface area contributed by atoms with E-state index in [-0.39, 0.29) is 16.7 Å². The molecule has 2 heterocycles. The Morgan fingerprint density at radius 3 is 2.33 bits per heavy atom. The van der Waals surface area contributed by atoms with Gasteiger partial charge in [-0.25, -0.2) is 0 Å². The Morgan fingerprint density at radius 2 is 1.76 bits per heavy atom. The predicted molar refractivity (Wildman–Crippen MR) is 135 cm³/mol. The zero-order valence-corrected chi connectivity index (χ0v) is 20.5. The summed E-state index contributed by atoms with van der Waals surface area (Å²) in [7, 11) is 0. The van der Waals surface area contributed by atoms with Crippen LogP contribution in [0.1, 0.15) is 60.9 Å². The Bertz CT molecular complexity index is 1230. The molecule has 1 aliphatic heterocycles. The fourth-order valence-electron chi connectivity index (χ4n) is 4.20. The highest BCUT2D eigenvalue weighted by atomic mass is 32.1. The average molecular weight is 460 g/mol. The van der Waals surface area contributed by atoms with E-state index in [1.165, 1.54) is 16.2 Å². The summed E-state index contributed by atoms with van der Waals surface area (Å²) in [4.78, 5) is 28.9. The Morgan fingerprint density at radius 1 is 1.06 bits per heavy atom. The largest absolute Gasteiger partial charge is 0.507 e. The molecule has 4 rings (SSSR count). The molecule has 3 aromatic rings. The quantitative estimate of drug-likeness (QED) is 0.274.